The Morgan fingerprint density at radius 3 is 2.06 bits per heavy atom. The average Bonchev–Trinajstić information content (AvgIpc) is 2.73. The van der Waals surface area contributed by atoms with Gasteiger partial charge >= 0.3 is 5.97 Å². The van der Waals surface area contributed by atoms with Crippen LogP contribution in [-0.4, -0.2) is 70.4 Å². The molecule has 0 saturated carbocycles. The van der Waals surface area contributed by atoms with Crippen LogP contribution in [0.15, 0.2) is 11.6 Å². The maximum Gasteiger partial charge on any atom is 0.331 e. The first kappa shape index (κ1) is 28.1. The smallest absolute Gasteiger partial charge is 0.331 e. The molecular weight excluding hydrogens is 406 g/mol. The summed E-state index contributed by atoms with van der Waals surface area (Å²) in [4.78, 5) is 42.0. The van der Waals surface area contributed by atoms with E-state index in [1.165, 1.54) is 6.92 Å². The number of carboxylic acid groups (broad SMARTS) is 1. The van der Waals surface area contributed by atoms with Crippen LogP contribution in [0.2, 0.25) is 0 Å². The second-order valence-electron chi connectivity index (χ2n) is 10.3. The average molecular weight is 452 g/mol. The van der Waals surface area contributed by atoms with Crippen molar-refractivity contribution >= 4 is 17.8 Å². The third-order valence-corrected chi connectivity index (χ3v) is 6.80. The molecule has 1 rings (SSSR count). The maximum absolute atomic E-state index is 13.4. The van der Waals surface area contributed by atoms with Crippen molar-refractivity contribution in [2.24, 2.45) is 17.8 Å². The van der Waals surface area contributed by atoms with E-state index in [2.05, 4.69) is 31.0 Å². The fraction of sp³-hybridized carbons (Fsp3) is 0.800. The molecule has 1 unspecified atom stereocenters. The number of nitrogens with zero attached hydrogens (tertiary/aromatic N) is 2. The minimum absolute atomic E-state index is 0.0301. The van der Waals surface area contributed by atoms with E-state index in [1.54, 1.807) is 18.0 Å². The monoisotopic (exact) mass is 451 g/mol. The summed E-state index contributed by atoms with van der Waals surface area (Å²) in [5, 5.41) is 12.3. The summed E-state index contributed by atoms with van der Waals surface area (Å²) in [6.07, 6.45) is 4.51. The zero-order chi connectivity index (χ0) is 24.7. The van der Waals surface area contributed by atoms with Gasteiger partial charge in [0.2, 0.25) is 11.8 Å². The fourth-order valence-corrected chi connectivity index (χ4v) is 4.31. The highest BCUT2D eigenvalue weighted by atomic mass is 16.4. The lowest BCUT2D eigenvalue weighted by Crippen LogP contribution is -2.59. The van der Waals surface area contributed by atoms with E-state index in [4.69, 9.17) is 0 Å². The predicted molar refractivity (Wildman–Crippen MR) is 128 cm³/mol. The van der Waals surface area contributed by atoms with Crippen LogP contribution in [-0.2, 0) is 14.4 Å². The second kappa shape index (κ2) is 12.4. The van der Waals surface area contributed by atoms with Crippen molar-refractivity contribution in [1.82, 2.24) is 15.1 Å². The Morgan fingerprint density at radius 1 is 1.00 bits per heavy atom. The van der Waals surface area contributed by atoms with Crippen LogP contribution in [0.4, 0.5) is 0 Å². The molecule has 2 N–H and O–H groups in total. The molecule has 0 aromatic carbocycles. The van der Waals surface area contributed by atoms with Gasteiger partial charge in [0, 0.05) is 18.7 Å². The van der Waals surface area contributed by atoms with Crippen molar-refractivity contribution in [1.29, 1.82) is 0 Å². The summed E-state index contributed by atoms with van der Waals surface area (Å²) < 4.78 is 0. The highest BCUT2D eigenvalue weighted by Crippen LogP contribution is 2.24. The molecular formula is C25H45N3O4. The van der Waals surface area contributed by atoms with Gasteiger partial charge in [0.15, 0.2) is 0 Å². The number of rotatable bonds is 10. The Kier molecular flexibility index (Phi) is 10.9. The van der Waals surface area contributed by atoms with Crippen molar-refractivity contribution in [3.63, 3.8) is 0 Å². The SMILES string of the molecule is C/C(=C\[C@H](C(C)C)N(C)C(=O)[C@@H](NC(=O)[C@H]1CCCCN1C(C)C(C)C)C(C)C)C(=O)O. The Morgan fingerprint density at radius 2 is 1.59 bits per heavy atom. The van der Waals surface area contributed by atoms with Crippen molar-refractivity contribution in [3.05, 3.63) is 11.6 Å². The summed E-state index contributed by atoms with van der Waals surface area (Å²) in [5.41, 5.74) is 0.203. The highest BCUT2D eigenvalue weighted by molar-refractivity contribution is 5.90. The van der Waals surface area contributed by atoms with Crippen LogP contribution in [0, 0.1) is 17.8 Å². The minimum atomic E-state index is -0.998. The Balaban J connectivity index is 3.08. The lowest BCUT2D eigenvalue weighted by molar-refractivity contribution is -0.140. The predicted octanol–water partition coefficient (Wildman–Crippen LogP) is 3.54. The number of carbonyl (C=O) groups is 3. The van der Waals surface area contributed by atoms with Crippen LogP contribution in [0.5, 0.6) is 0 Å². The van der Waals surface area contributed by atoms with Crippen LogP contribution in [0.3, 0.4) is 0 Å². The van der Waals surface area contributed by atoms with Gasteiger partial charge in [-0.1, -0.05) is 54.0 Å². The van der Waals surface area contributed by atoms with Gasteiger partial charge in [-0.25, -0.2) is 4.79 Å². The van der Waals surface area contributed by atoms with Crippen molar-refractivity contribution in [2.75, 3.05) is 13.6 Å². The zero-order valence-corrected chi connectivity index (χ0v) is 21.5. The molecule has 184 valence electrons. The van der Waals surface area contributed by atoms with E-state index in [-0.39, 0.29) is 47.3 Å². The molecule has 1 aliphatic rings. The molecule has 4 atom stereocenters. The summed E-state index contributed by atoms with van der Waals surface area (Å²) >= 11 is 0. The number of amides is 2. The molecule has 2 amide bonds. The van der Waals surface area contributed by atoms with Crippen LogP contribution in [0.1, 0.15) is 74.7 Å². The van der Waals surface area contributed by atoms with Crippen molar-refractivity contribution < 1.29 is 19.5 Å². The van der Waals surface area contributed by atoms with E-state index in [0.717, 1.165) is 25.8 Å². The third-order valence-electron chi connectivity index (χ3n) is 6.80. The molecule has 0 bridgehead atoms. The molecule has 0 aromatic heterocycles. The fourth-order valence-electron chi connectivity index (χ4n) is 4.31. The topological polar surface area (TPSA) is 90.0 Å². The summed E-state index contributed by atoms with van der Waals surface area (Å²) in [7, 11) is 1.69. The Bertz CT molecular complexity index is 687. The molecule has 0 radical (unpaired) electrons. The van der Waals surface area contributed by atoms with Gasteiger partial charge in [-0.15, -0.1) is 0 Å². The van der Waals surface area contributed by atoms with E-state index in [0.29, 0.717) is 5.92 Å². The van der Waals surface area contributed by atoms with E-state index < -0.39 is 12.0 Å². The van der Waals surface area contributed by atoms with E-state index in [1.807, 2.05) is 27.7 Å². The van der Waals surface area contributed by atoms with Crippen molar-refractivity contribution in [3.8, 4) is 0 Å². The molecule has 0 spiro atoms. The molecule has 1 aliphatic heterocycles. The molecule has 0 aliphatic carbocycles. The number of likely N-dealkylation sites (N-methyl/N-ethyl adjacent to an activating group) is 1. The summed E-state index contributed by atoms with van der Waals surface area (Å²) in [6, 6.07) is -0.971. The first-order valence-corrected chi connectivity index (χ1v) is 12.0. The quantitative estimate of drug-likeness (QED) is 0.496. The number of carbonyl (C=O) groups excluding carboxylic acids is 2. The van der Waals surface area contributed by atoms with Gasteiger partial charge in [0.25, 0.3) is 0 Å². The third kappa shape index (κ3) is 7.32. The first-order valence-electron chi connectivity index (χ1n) is 12.0. The van der Waals surface area contributed by atoms with Gasteiger partial charge in [-0.2, -0.15) is 0 Å². The largest absolute Gasteiger partial charge is 0.478 e. The van der Waals surface area contributed by atoms with Crippen molar-refractivity contribution in [2.45, 2.75) is 98.8 Å². The minimum Gasteiger partial charge on any atom is -0.478 e. The molecule has 1 heterocycles. The lowest BCUT2D eigenvalue weighted by Gasteiger charge is -2.41. The molecule has 7 heteroatoms. The number of piperidine rings is 1. The number of hydrogen-bond donors (Lipinski definition) is 2. The summed E-state index contributed by atoms with van der Waals surface area (Å²) in [6.45, 7) is 16.7. The number of likely N-dealkylation sites (tertiary alicyclic amines) is 1. The van der Waals surface area contributed by atoms with Gasteiger partial charge in [0.05, 0.1) is 12.1 Å². The Hall–Kier alpha value is -1.89. The van der Waals surface area contributed by atoms with Crippen LogP contribution in [0.25, 0.3) is 0 Å². The van der Waals surface area contributed by atoms with Crippen LogP contribution >= 0.6 is 0 Å². The number of aliphatic carboxylic acids is 1. The van der Waals surface area contributed by atoms with E-state index in [9.17, 15) is 19.5 Å². The normalized spacial score (nSPS) is 20.9. The van der Waals surface area contributed by atoms with E-state index >= 15 is 0 Å². The Labute approximate surface area is 194 Å². The first-order chi connectivity index (χ1) is 14.8. The van der Waals surface area contributed by atoms with Crippen LogP contribution < -0.4 is 5.32 Å². The molecule has 32 heavy (non-hydrogen) atoms. The summed E-state index contributed by atoms with van der Waals surface area (Å²) in [5.74, 6) is -0.903. The van der Waals surface area contributed by atoms with Gasteiger partial charge in [-0.05, 0) is 51.0 Å². The van der Waals surface area contributed by atoms with Gasteiger partial charge in [-0.3, -0.25) is 14.5 Å². The molecule has 1 fully saturated rings. The van der Waals surface area contributed by atoms with Gasteiger partial charge in [0.1, 0.15) is 6.04 Å². The standard InChI is InChI=1S/C25H45N3O4/c1-15(2)19(8)28-13-11-10-12-20(28)23(29)26-22(17(5)6)24(30)27(9)21(16(3)4)14-18(7)25(31)32/h14-17,19-22H,10-13H2,1-9H3,(H,26,29)(H,31,32)/b18-14+/t19?,20-,21-,22+/m1/s1. The lowest BCUT2D eigenvalue weighted by atomic mass is 9.94. The highest BCUT2D eigenvalue weighted by Gasteiger charge is 2.37. The maximum atomic E-state index is 13.4. The molecule has 0 aromatic rings. The number of nitrogens with one attached hydrogen (secondary N) is 1. The molecule has 7 nitrogen and oxygen atoms in total. The van der Waals surface area contributed by atoms with Gasteiger partial charge < -0.3 is 15.3 Å². The second-order valence-corrected chi connectivity index (χ2v) is 10.3. The molecule has 1 saturated heterocycles. The zero-order valence-electron chi connectivity index (χ0n) is 21.5. The number of hydrogen-bond acceptors (Lipinski definition) is 4. The number of carboxylic acids is 1.